The zero-order valence-electron chi connectivity index (χ0n) is 19.1. The third-order valence-electron chi connectivity index (χ3n) is 5.81. The number of carbonyl (C=O) groups excluding carboxylic acids is 2. The molecular weight excluding hydrogens is 450 g/mol. The molecule has 0 radical (unpaired) electrons. The molecule has 10 heteroatoms. The van der Waals surface area contributed by atoms with Gasteiger partial charge in [0.1, 0.15) is 16.9 Å². The average Bonchev–Trinajstić information content (AvgIpc) is 3.39. The van der Waals surface area contributed by atoms with E-state index in [0.717, 1.165) is 12.8 Å². The van der Waals surface area contributed by atoms with Gasteiger partial charge < -0.3 is 14.0 Å². The number of nitrogens with zero attached hydrogens (tertiary/aromatic N) is 5. The van der Waals surface area contributed by atoms with Gasteiger partial charge in [-0.2, -0.15) is 4.99 Å². The van der Waals surface area contributed by atoms with Crippen molar-refractivity contribution in [3.8, 4) is 0 Å². The van der Waals surface area contributed by atoms with Crippen LogP contribution in [0.25, 0.3) is 16.7 Å². The van der Waals surface area contributed by atoms with Gasteiger partial charge in [-0.3, -0.25) is 19.0 Å². The Labute approximate surface area is 199 Å². The molecular formula is C25H23N5O5. The number of hydrogen-bond donors (Lipinski definition) is 0. The molecule has 4 aromatic rings. The maximum atomic E-state index is 13.4. The number of pyridine rings is 3. The summed E-state index contributed by atoms with van der Waals surface area (Å²) in [7, 11) is 0. The van der Waals surface area contributed by atoms with E-state index in [9.17, 15) is 14.4 Å². The van der Waals surface area contributed by atoms with Crippen LogP contribution in [0.2, 0.25) is 0 Å². The Balaban J connectivity index is 1.86. The summed E-state index contributed by atoms with van der Waals surface area (Å²) < 4.78 is 14.1. The van der Waals surface area contributed by atoms with E-state index in [1.54, 1.807) is 54.2 Å². The largest absolute Gasteiger partial charge is 0.462 e. The minimum Gasteiger partial charge on any atom is -0.462 e. The van der Waals surface area contributed by atoms with Crippen LogP contribution in [0.15, 0.2) is 64.8 Å². The number of rotatable bonds is 5. The summed E-state index contributed by atoms with van der Waals surface area (Å²) in [6.45, 7) is 2.67. The van der Waals surface area contributed by atoms with E-state index in [1.807, 2.05) is 0 Å². The monoisotopic (exact) mass is 473 g/mol. The van der Waals surface area contributed by atoms with E-state index < -0.39 is 11.9 Å². The molecule has 1 amide bonds. The third-order valence-corrected chi connectivity index (χ3v) is 5.81. The lowest BCUT2D eigenvalue weighted by molar-refractivity contribution is 0.0521. The van der Waals surface area contributed by atoms with Gasteiger partial charge in [-0.15, -0.1) is 0 Å². The van der Waals surface area contributed by atoms with Crippen molar-refractivity contribution in [1.82, 2.24) is 18.9 Å². The Hall–Kier alpha value is -4.18. The molecule has 0 unspecified atom stereocenters. The van der Waals surface area contributed by atoms with Crippen molar-refractivity contribution in [2.75, 3.05) is 13.2 Å². The molecule has 0 aliphatic carbocycles. The van der Waals surface area contributed by atoms with Crippen LogP contribution < -0.4 is 11.0 Å². The van der Waals surface area contributed by atoms with Crippen LogP contribution in [0.1, 0.15) is 40.5 Å². The highest BCUT2D eigenvalue weighted by molar-refractivity contribution is 5.97. The van der Waals surface area contributed by atoms with E-state index in [-0.39, 0.29) is 46.8 Å². The number of aromatic nitrogens is 4. The van der Waals surface area contributed by atoms with Gasteiger partial charge in [0.25, 0.3) is 11.5 Å². The normalized spacial score (nSPS) is 16.1. The third kappa shape index (κ3) is 4.35. The van der Waals surface area contributed by atoms with E-state index >= 15 is 0 Å². The fraction of sp³-hybridized carbons (Fsp3) is 0.280. The van der Waals surface area contributed by atoms with Gasteiger partial charge in [-0.05, 0) is 50.1 Å². The van der Waals surface area contributed by atoms with E-state index in [2.05, 4.69) is 9.98 Å². The molecule has 0 saturated carbocycles. The number of carbonyl (C=O) groups is 2. The fourth-order valence-corrected chi connectivity index (χ4v) is 4.17. The molecule has 1 saturated heterocycles. The second kappa shape index (κ2) is 9.59. The molecule has 10 nitrogen and oxygen atoms in total. The lowest BCUT2D eigenvalue weighted by Gasteiger charge is -2.18. The van der Waals surface area contributed by atoms with E-state index in [1.165, 1.54) is 16.7 Å². The van der Waals surface area contributed by atoms with Gasteiger partial charge in [0.05, 0.1) is 30.2 Å². The van der Waals surface area contributed by atoms with Crippen LogP contribution in [0, 0.1) is 0 Å². The van der Waals surface area contributed by atoms with Crippen LogP contribution in [0.3, 0.4) is 0 Å². The fourth-order valence-electron chi connectivity index (χ4n) is 4.17. The van der Waals surface area contributed by atoms with Crippen LogP contribution in [0.5, 0.6) is 0 Å². The summed E-state index contributed by atoms with van der Waals surface area (Å²) in [5.41, 5.74) is 0.721. The minimum absolute atomic E-state index is 0.00404. The second-order valence-electron chi connectivity index (χ2n) is 8.09. The van der Waals surface area contributed by atoms with Gasteiger partial charge in [0.2, 0.25) is 0 Å². The lowest BCUT2D eigenvalue weighted by Crippen LogP contribution is -2.35. The number of esters is 1. The van der Waals surface area contributed by atoms with Gasteiger partial charge in [-0.1, -0.05) is 6.07 Å². The molecule has 178 valence electrons. The first kappa shape index (κ1) is 22.6. The highest BCUT2D eigenvalue weighted by Gasteiger charge is 2.24. The van der Waals surface area contributed by atoms with Crippen molar-refractivity contribution in [2.24, 2.45) is 4.99 Å². The van der Waals surface area contributed by atoms with Crippen LogP contribution in [-0.2, 0) is 16.0 Å². The van der Waals surface area contributed by atoms with Crippen molar-refractivity contribution in [3.63, 3.8) is 0 Å². The molecule has 1 aliphatic rings. The average molecular weight is 473 g/mol. The summed E-state index contributed by atoms with van der Waals surface area (Å²) >= 11 is 0. The first-order valence-corrected chi connectivity index (χ1v) is 11.4. The van der Waals surface area contributed by atoms with Gasteiger partial charge >= 0.3 is 5.97 Å². The van der Waals surface area contributed by atoms with Gasteiger partial charge in [0.15, 0.2) is 5.49 Å². The maximum absolute atomic E-state index is 13.4. The Morgan fingerprint density at radius 1 is 1.26 bits per heavy atom. The topological polar surface area (TPSA) is 117 Å². The van der Waals surface area contributed by atoms with Crippen molar-refractivity contribution in [3.05, 3.63) is 82.0 Å². The second-order valence-corrected chi connectivity index (χ2v) is 8.09. The van der Waals surface area contributed by atoms with Crippen LogP contribution >= 0.6 is 0 Å². The molecule has 1 atom stereocenters. The standard InChI is InChI=1S/C25H23N5O5/c1-2-34-25(33)19-13-18-21(27-20-9-3-4-11-29(20)24(18)32)30(15-17-8-6-12-35-17)22(19)28-23(31)16-7-5-10-26-14-16/h3-5,7,9-11,13-14,17H,2,6,8,12,15H2,1H3/t17-/m0/s1. The predicted molar refractivity (Wildman–Crippen MR) is 126 cm³/mol. The summed E-state index contributed by atoms with van der Waals surface area (Å²) in [6.07, 6.45) is 6.07. The smallest absolute Gasteiger partial charge is 0.341 e. The van der Waals surface area contributed by atoms with Crippen LogP contribution in [0.4, 0.5) is 0 Å². The minimum atomic E-state index is -0.689. The predicted octanol–water partition coefficient (Wildman–Crippen LogP) is 2.14. The molecule has 5 heterocycles. The Bertz CT molecular complexity index is 1550. The molecule has 1 fully saturated rings. The molecule has 1 aliphatic heterocycles. The maximum Gasteiger partial charge on any atom is 0.341 e. The molecule has 4 aromatic heterocycles. The molecule has 0 bridgehead atoms. The molecule has 0 aromatic carbocycles. The first-order chi connectivity index (χ1) is 17.1. The molecule has 5 rings (SSSR count). The zero-order valence-corrected chi connectivity index (χ0v) is 19.1. The van der Waals surface area contributed by atoms with Crippen molar-refractivity contribution < 1.29 is 19.1 Å². The van der Waals surface area contributed by atoms with Gasteiger partial charge in [-0.25, -0.2) is 9.78 Å². The number of hydrogen-bond acceptors (Lipinski definition) is 7. The first-order valence-electron chi connectivity index (χ1n) is 11.4. The van der Waals surface area contributed by atoms with E-state index in [4.69, 9.17) is 14.5 Å². The molecule has 0 N–H and O–H groups in total. The number of amides is 1. The zero-order chi connectivity index (χ0) is 24.4. The van der Waals surface area contributed by atoms with Crippen molar-refractivity contribution in [2.45, 2.75) is 32.4 Å². The Morgan fingerprint density at radius 2 is 2.14 bits per heavy atom. The van der Waals surface area contributed by atoms with Crippen LogP contribution in [-0.4, -0.2) is 50.1 Å². The highest BCUT2D eigenvalue weighted by Crippen LogP contribution is 2.17. The Kier molecular flexibility index (Phi) is 6.19. The summed E-state index contributed by atoms with van der Waals surface area (Å²) in [6, 6.07) is 9.85. The number of fused-ring (bicyclic) bond motifs is 2. The van der Waals surface area contributed by atoms with Crippen molar-refractivity contribution in [1.29, 1.82) is 0 Å². The quantitative estimate of drug-likeness (QED) is 0.322. The molecule has 35 heavy (non-hydrogen) atoms. The lowest BCUT2D eigenvalue weighted by atomic mass is 10.1. The summed E-state index contributed by atoms with van der Waals surface area (Å²) in [5, 5.41) is 0.211. The summed E-state index contributed by atoms with van der Waals surface area (Å²) in [5.74, 6) is -1.27. The van der Waals surface area contributed by atoms with Crippen molar-refractivity contribution >= 4 is 28.6 Å². The Morgan fingerprint density at radius 3 is 2.89 bits per heavy atom. The SMILES string of the molecule is CCOC(=O)c1cc2c(=O)n3ccccc3nc2n(C[C@@H]2CCCO2)c1=NC(=O)c1cccnc1. The highest BCUT2D eigenvalue weighted by atomic mass is 16.5. The van der Waals surface area contributed by atoms with E-state index in [0.29, 0.717) is 17.9 Å². The number of ether oxygens (including phenoxy) is 2. The summed E-state index contributed by atoms with van der Waals surface area (Å²) in [4.78, 5) is 52.5. The molecule has 0 spiro atoms. The van der Waals surface area contributed by atoms with Gasteiger partial charge in [0, 0.05) is 25.2 Å².